The molecule has 0 aromatic heterocycles. The first kappa shape index (κ1) is 14.2. The van der Waals surface area contributed by atoms with E-state index >= 15 is 0 Å². The Balaban J connectivity index is 2.33. The van der Waals surface area contributed by atoms with Crippen molar-refractivity contribution in [2.24, 2.45) is 0 Å². The van der Waals surface area contributed by atoms with Crippen LogP contribution >= 0.6 is 23.2 Å². The van der Waals surface area contributed by atoms with Crippen LogP contribution in [0, 0.1) is 0 Å². The van der Waals surface area contributed by atoms with Crippen molar-refractivity contribution in [3.05, 3.63) is 27.7 Å². The third kappa shape index (κ3) is 3.01. The first-order valence-electron chi connectivity index (χ1n) is 5.74. The average Bonchev–Trinajstić information content (AvgIpc) is 2.29. The molecular formula is C13H12Cl2O4. The van der Waals surface area contributed by atoms with E-state index in [4.69, 9.17) is 33.0 Å². The molecule has 19 heavy (non-hydrogen) atoms. The molecule has 6 heteroatoms. The monoisotopic (exact) mass is 302 g/mol. The highest BCUT2D eigenvalue weighted by Gasteiger charge is 2.38. The zero-order valence-electron chi connectivity index (χ0n) is 10.2. The number of benzene rings is 1. The largest absolute Gasteiger partial charge is 0.485 e. The fourth-order valence-corrected chi connectivity index (χ4v) is 2.63. The molecule has 0 saturated heterocycles. The first-order chi connectivity index (χ1) is 8.81. The summed E-state index contributed by atoms with van der Waals surface area (Å²) in [5.74, 6) is -0.779. The highest BCUT2D eigenvalue weighted by molar-refractivity contribution is 6.36. The summed E-state index contributed by atoms with van der Waals surface area (Å²) in [6.07, 6.45) is 0.292. The normalized spacial score (nSPS) is 21.7. The number of carboxylic acids is 1. The van der Waals surface area contributed by atoms with Crippen molar-refractivity contribution in [2.45, 2.75) is 31.8 Å². The van der Waals surface area contributed by atoms with Crippen molar-refractivity contribution in [3.8, 4) is 5.75 Å². The number of rotatable bonds is 3. The van der Waals surface area contributed by atoms with Gasteiger partial charge in [-0.15, -0.1) is 0 Å². The smallest absolute Gasteiger partial charge is 0.303 e. The molecule has 0 saturated carbocycles. The second-order valence-corrected chi connectivity index (χ2v) is 5.65. The Labute approximate surface area is 120 Å². The van der Waals surface area contributed by atoms with Gasteiger partial charge in [-0.05, 0) is 25.5 Å². The molecule has 0 amide bonds. The van der Waals surface area contributed by atoms with E-state index in [0.717, 1.165) is 0 Å². The number of aliphatic carboxylic acids is 1. The lowest BCUT2D eigenvalue weighted by Gasteiger charge is -2.35. The van der Waals surface area contributed by atoms with Crippen molar-refractivity contribution in [3.63, 3.8) is 0 Å². The maximum Gasteiger partial charge on any atom is 0.303 e. The minimum Gasteiger partial charge on any atom is -0.485 e. The molecule has 1 aromatic rings. The van der Waals surface area contributed by atoms with E-state index in [-0.39, 0.29) is 35.8 Å². The predicted octanol–water partition coefficient (Wildman–Crippen LogP) is 3.58. The number of carboxylic acid groups (broad SMARTS) is 1. The van der Waals surface area contributed by atoms with Crippen molar-refractivity contribution in [1.82, 2.24) is 0 Å². The first-order valence-corrected chi connectivity index (χ1v) is 6.49. The van der Waals surface area contributed by atoms with Gasteiger partial charge in [0.05, 0.1) is 17.0 Å². The lowest BCUT2D eigenvalue weighted by atomic mass is 9.88. The van der Waals surface area contributed by atoms with Crippen LogP contribution in [-0.2, 0) is 4.79 Å². The standard InChI is InChI=1S/C13H12Cl2O4/c1-13(3-2-11(17)18)6-10(16)8-4-7(14)5-9(15)12(8)19-13/h4-5H,2-3,6H2,1H3,(H,17,18). The third-order valence-electron chi connectivity index (χ3n) is 3.06. The van der Waals surface area contributed by atoms with E-state index in [0.29, 0.717) is 10.6 Å². The number of hydrogen-bond donors (Lipinski definition) is 1. The molecule has 0 spiro atoms. The van der Waals surface area contributed by atoms with E-state index in [9.17, 15) is 9.59 Å². The number of Topliss-reactive ketones (excluding diaryl/α,β-unsaturated/α-hetero) is 1. The minimum absolute atomic E-state index is 0.0652. The molecule has 1 aliphatic rings. The summed E-state index contributed by atoms with van der Waals surface area (Å²) in [7, 11) is 0. The van der Waals surface area contributed by atoms with Crippen LogP contribution in [0.25, 0.3) is 0 Å². The van der Waals surface area contributed by atoms with Gasteiger partial charge in [-0.3, -0.25) is 9.59 Å². The Kier molecular flexibility index (Phi) is 3.74. The number of carbonyl (C=O) groups is 2. The summed E-state index contributed by atoms with van der Waals surface area (Å²) in [6.45, 7) is 1.71. The molecule has 1 aliphatic heterocycles. The summed E-state index contributed by atoms with van der Waals surface area (Å²) in [6, 6.07) is 3.01. The van der Waals surface area contributed by atoms with Crippen LogP contribution in [-0.4, -0.2) is 22.5 Å². The molecule has 1 unspecified atom stereocenters. The Morgan fingerprint density at radius 2 is 2.16 bits per heavy atom. The highest BCUT2D eigenvalue weighted by Crippen LogP contribution is 2.41. The molecule has 1 heterocycles. The minimum atomic E-state index is -0.926. The second-order valence-electron chi connectivity index (χ2n) is 4.81. The molecule has 1 N–H and O–H groups in total. The van der Waals surface area contributed by atoms with Crippen molar-refractivity contribution in [2.75, 3.05) is 0 Å². The molecule has 2 rings (SSSR count). The van der Waals surface area contributed by atoms with E-state index in [1.165, 1.54) is 12.1 Å². The Morgan fingerprint density at radius 3 is 2.79 bits per heavy atom. The fraction of sp³-hybridized carbons (Fsp3) is 0.385. The van der Waals surface area contributed by atoms with Crippen molar-refractivity contribution in [1.29, 1.82) is 0 Å². The van der Waals surface area contributed by atoms with E-state index in [2.05, 4.69) is 0 Å². The van der Waals surface area contributed by atoms with Crippen LogP contribution in [0.15, 0.2) is 12.1 Å². The Morgan fingerprint density at radius 1 is 1.47 bits per heavy atom. The molecular weight excluding hydrogens is 291 g/mol. The van der Waals surface area contributed by atoms with Gasteiger partial charge in [0.15, 0.2) is 5.78 Å². The van der Waals surface area contributed by atoms with Crippen LogP contribution in [0.3, 0.4) is 0 Å². The highest BCUT2D eigenvalue weighted by atomic mass is 35.5. The van der Waals surface area contributed by atoms with Gasteiger partial charge in [0, 0.05) is 11.4 Å². The SMILES string of the molecule is CC1(CCC(=O)O)CC(=O)c2cc(Cl)cc(Cl)c2O1. The van der Waals surface area contributed by atoms with Crippen molar-refractivity contribution < 1.29 is 19.4 Å². The van der Waals surface area contributed by atoms with E-state index in [1.807, 2.05) is 0 Å². The van der Waals surface area contributed by atoms with Gasteiger partial charge < -0.3 is 9.84 Å². The lowest BCUT2D eigenvalue weighted by molar-refractivity contribution is -0.138. The van der Waals surface area contributed by atoms with E-state index in [1.54, 1.807) is 6.92 Å². The van der Waals surface area contributed by atoms with Crippen LogP contribution < -0.4 is 4.74 Å². The summed E-state index contributed by atoms with van der Waals surface area (Å²) >= 11 is 11.9. The average molecular weight is 303 g/mol. The summed E-state index contributed by atoms with van der Waals surface area (Å²) < 4.78 is 5.75. The molecule has 1 aromatic carbocycles. The zero-order chi connectivity index (χ0) is 14.2. The number of hydrogen-bond acceptors (Lipinski definition) is 3. The summed E-state index contributed by atoms with van der Waals surface area (Å²) in [5, 5.41) is 9.36. The third-order valence-corrected chi connectivity index (χ3v) is 3.56. The van der Waals surface area contributed by atoms with Crippen LogP contribution in [0.4, 0.5) is 0 Å². The van der Waals surface area contributed by atoms with E-state index < -0.39 is 11.6 Å². The van der Waals surface area contributed by atoms with Crippen LogP contribution in [0.5, 0.6) is 5.75 Å². The Bertz CT molecular complexity index is 556. The summed E-state index contributed by atoms with van der Waals surface area (Å²) in [5.41, 5.74) is -0.495. The van der Waals surface area contributed by atoms with Crippen LogP contribution in [0.2, 0.25) is 10.0 Å². The zero-order valence-corrected chi connectivity index (χ0v) is 11.7. The molecule has 0 fully saturated rings. The molecule has 0 bridgehead atoms. The quantitative estimate of drug-likeness (QED) is 0.927. The second kappa shape index (κ2) is 5.02. The molecule has 0 aliphatic carbocycles. The maximum absolute atomic E-state index is 12.1. The fourth-order valence-electron chi connectivity index (χ4n) is 2.10. The number of halogens is 2. The Hall–Kier alpha value is -1.26. The topological polar surface area (TPSA) is 63.6 Å². The molecule has 1 atom stereocenters. The number of carbonyl (C=O) groups excluding carboxylic acids is 1. The van der Waals surface area contributed by atoms with Crippen LogP contribution in [0.1, 0.15) is 36.5 Å². The molecule has 102 valence electrons. The number of ether oxygens (including phenoxy) is 1. The molecule has 4 nitrogen and oxygen atoms in total. The van der Waals surface area contributed by atoms with Gasteiger partial charge in [0.2, 0.25) is 0 Å². The maximum atomic E-state index is 12.1. The predicted molar refractivity (Wildman–Crippen MR) is 71.3 cm³/mol. The number of ketones is 1. The number of fused-ring (bicyclic) bond motifs is 1. The van der Waals surface area contributed by atoms with Gasteiger partial charge >= 0.3 is 5.97 Å². The lowest BCUT2D eigenvalue weighted by Crippen LogP contribution is -2.39. The van der Waals surface area contributed by atoms with Gasteiger partial charge in [0.1, 0.15) is 11.4 Å². The van der Waals surface area contributed by atoms with Gasteiger partial charge in [-0.25, -0.2) is 0 Å². The van der Waals surface area contributed by atoms with Crippen molar-refractivity contribution >= 4 is 35.0 Å². The van der Waals surface area contributed by atoms with Gasteiger partial charge in [-0.1, -0.05) is 23.2 Å². The molecule has 0 radical (unpaired) electrons. The summed E-state index contributed by atoms with van der Waals surface area (Å²) in [4.78, 5) is 22.7. The van der Waals surface area contributed by atoms with Gasteiger partial charge in [0.25, 0.3) is 0 Å². The van der Waals surface area contributed by atoms with Gasteiger partial charge in [-0.2, -0.15) is 0 Å².